The highest BCUT2D eigenvalue weighted by Crippen LogP contribution is 2.31. The minimum atomic E-state index is -0.421. The van der Waals surface area contributed by atoms with Gasteiger partial charge in [0.2, 0.25) is 0 Å². The van der Waals surface area contributed by atoms with E-state index >= 15 is 0 Å². The Morgan fingerprint density at radius 1 is 0.867 bits per heavy atom. The normalized spacial score (nSPS) is 13.9. The number of anilines is 1. The van der Waals surface area contributed by atoms with Gasteiger partial charge in [0, 0.05) is 18.1 Å². The number of aryl methyl sites for hydroxylation is 1. The molecule has 0 spiro atoms. The molecule has 0 fully saturated rings. The van der Waals surface area contributed by atoms with Crippen LogP contribution in [0.4, 0.5) is 10.1 Å². The summed E-state index contributed by atoms with van der Waals surface area (Å²) in [5.74, 6) is -1.25. The van der Waals surface area contributed by atoms with Crippen molar-refractivity contribution in [1.82, 2.24) is 9.88 Å². The predicted molar refractivity (Wildman–Crippen MR) is 113 cm³/mol. The Kier molecular flexibility index (Phi) is 5.39. The molecule has 0 bridgehead atoms. The van der Waals surface area contributed by atoms with E-state index in [0.717, 1.165) is 12.0 Å². The quantitative estimate of drug-likeness (QED) is 0.630. The van der Waals surface area contributed by atoms with Crippen LogP contribution < -0.4 is 5.32 Å². The van der Waals surface area contributed by atoms with Crippen molar-refractivity contribution in [2.24, 2.45) is 0 Å². The first kappa shape index (κ1) is 19.5. The standard InChI is InChI=1S/C24H20FN3O2/c1-2-16-3-9-20(10-4-16)27-22-21(18-5-7-19(25)8-6-18)23(29)28(24(22)30)15-17-11-13-26-14-12-17/h3-14,27H,2,15H2,1H3. The van der Waals surface area contributed by atoms with Gasteiger partial charge in [0.15, 0.2) is 0 Å². The van der Waals surface area contributed by atoms with E-state index in [1.165, 1.54) is 34.7 Å². The van der Waals surface area contributed by atoms with Crippen molar-refractivity contribution in [1.29, 1.82) is 0 Å². The van der Waals surface area contributed by atoms with Crippen LogP contribution in [0.2, 0.25) is 0 Å². The molecule has 1 aliphatic heterocycles. The molecule has 2 amide bonds. The minimum absolute atomic E-state index is 0.130. The minimum Gasteiger partial charge on any atom is -0.350 e. The van der Waals surface area contributed by atoms with Gasteiger partial charge in [-0.1, -0.05) is 31.2 Å². The molecule has 0 saturated carbocycles. The van der Waals surface area contributed by atoms with Gasteiger partial charge in [0.05, 0.1) is 12.1 Å². The number of benzene rings is 2. The van der Waals surface area contributed by atoms with Crippen LogP contribution in [0.1, 0.15) is 23.6 Å². The van der Waals surface area contributed by atoms with Crippen molar-refractivity contribution >= 4 is 23.1 Å². The van der Waals surface area contributed by atoms with Gasteiger partial charge >= 0.3 is 0 Å². The second-order valence-electron chi connectivity index (χ2n) is 6.98. The van der Waals surface area contributed by atoms with E-state index in [0.29, 0.717) is 11.3 Å². The van der Waals surface area contributed by atoms with E-state index in [9.17, 15) is 14.0 Å². The molecule has 2 aromatic carbocycles. The highest BCUT2D eigenvalue weighted by Gasteiger charge is 2.39. The summed E-state index contributed by atoms with van der Waals surface area (Å²) in [4.78, 5) is 31.6. The maximum Gasteiger partial charge on any atom is 0.278 e. The van der Waals surface area contributed by atoms with Crippen LogP contribution in [0, 0.1) is 5.82 Å². The second kappa shape index (κ2) is 8.29. The molecule has 6 heteroatoms. The average molecular weight is 401 g/mol. The lowest BCUT2D eigenvalue weighted by Crippen LogP contribution is -2.32. The molecule has 4 rings (SSSR count). The number of hydrogen-bond acceptors (Lipinski definition) is 4. The van der Waals surface area contributed by atoms with Crippen molar-refractivity contribution in [2.45, 2.75) is 19.9 Å². The zero-order chi connectivity index (χ0) is 21.1. The van der Waals surface area contributed by atoms with E-state index in [1.807, 2.05) is 24.3 Å². The third-order valence-electron chi connectivity index (χ3n) is 5.02. The van der Waals surface area contributed by atoms with E-state index < -0.39 is 17.6 Å². The Hall–Kier alpha value is -3.80. The first-order chi connectivity index (χ1) is 14.6. The summed E-state index contributed by atoms with van der Waals surface area (Å²) < 4.78 is 13.4. The fourth-order valence-electron chi connectivity index (χ4n) is 3.36. The fourth-order valence-corrected chi connectivity index (χ4v) is 3.36. The Bertz CT molecular complexity index is 1110. The molecule has 150 valence electrons. The van der Waals surface area contributed by atoms with Crippen LogP contribution in [-0.4, -0.2) is 21.7 Å². The molecule has 2 heterocycles. The summed E-state index contributed by atoms with van der Waals surface area (Å²) in [6, 6.07) is 16.8. The SMILES string of the molecule is CCc1ccc(NC2=C(c3ccc(F)cc3)C(=O)N(Cc3ccncc3)C2=O)cc1. The summed E-state index contributed by atoms with van der Waals surface area (Å²) in [6.45, 7) is 2.19. The number of hydrogen-bond donors (Lipinski definition) is 1. The number of nitrogens with one attached hydrogen (secondary N) is 1. The van der Waals surface area contributed by atoms with Crippen LogP contribution in [-0.2, 0) is 22.6 Å². The number of imide groups is 1. The van der Waals surface area contributed by atoms with E-state index in [4.69, 9.17) is 0 Å². The number of carbonyl (C=O) groups is 2. The monoisotopic (exact) mass is 401 g/mol. The number of halogens is 1. The Labute approximate surface area is 173 Å². The predicted octanol–water partition coefficient (Wildman–Crippen LogP) is 4.18. The molecule has 0 unspecified atom stereocenters. The maximum absolute atomic E-state index is 13.4. The Balaban J connectivity index is 1.72. The van der Waals surface area contributed by atoms with Crippen LogP contribution in [0.15, 0.2) is 78.8 Å². The van der Waals surface area contributed by atoms with Crippen LogP contribution in [0.5, 0.6) is 0 Å². The summed E-state index contributed by atoms with van der Waals surface area (Å²) in [5.41, 5.74) is 3.56. The topological polar surface area (TPSA) is 62.3 Å². The summed E-state index contributed by atoms with van der Waals surface area (Å²) in [5, 5.41) is 3.11. The first-order valence-electron chi connectivity index (χ1n) is 9.68. The molecule has 0 aliphatic carbocycles. The smallest absolute Gasteiger partial charge is 0.278 e. The van der Waals surface area contributed by atoms with E-state index in [2.05, 4.69) is 17.2 Å². The molecule has 3 aromatic rings. The first-order valence-corrected chi connectivity index (χ1v) is 9.68. The van der Waals surface area contributed by atoms with Crippen molar-refractivity contribution in [3.05, 3.63) is 101 Å². The van der Waals surface area contributed by atoms with Gasteiger partial charge in [0.1, 0.15) is 11.5 Å². The largest absolute Gasteiger partial charge is 0.350 e. The molecule has 1 aliphatic rings. The van der Waals surface area contributed by atoms with Gasteiger partial charge < -0.3 is 5.32 Å². The lowest BCUT2D eigenvalue weighted by Gasteiger charge is -2.15. The molecule has 1 N–H and O–H groups in total. The lowest BCUT2D eigenvalue weighted by molar-refractivity contribution is -0.137. The second-order valence-corrected chi connectivity index (χ2v) is 6.98. The lowest BCUT2D eigenvalue weighted by atomic mass is 10.0. The summed E-state index contributed by atoms with van der Waals surface area (Å²) in [7, 11) is 0. The highest BCUT2D eigenvalue weighted by molar-refractivity contribution is 6.36. The zero-order valence-corrected chi connectivity index (χ0v) is 16.4. The van der Waals surface area contributed by atoms with Crippen LogP contribution in [0.25, 0.3) is 5.57 Å². The number of pyridine rings is 1. The van der Waals surface area contributed by atoms with Gasteiger partial charge in [-0.25, -0.2) is 4.39 Å². The highest BCUT2D eigenvalue weighted by atomic mass is 19.1. The molecule has 30 heavy (non-hydrogen) atoms. The van der Waals surface area contributed by atoms with E-state index in [1.54, 1.807) is 24.5 Å². The number of nitrogens with zero attached hydrogens (tertiary/aromatic N) is 2. The van der Waals surface area contributed by atoms with Gasteiger partial charge in [-0.05, 0) is 59.5 Å². The molecule has 0 radical (unpaired) electrons. The third kappa shape index (κ3) is 3.85. The van der Waals surface area contributed by atoms with Crippen LogP contribution in [0.3, 0.4) is 0 Å². The van der Waals surface area contributed by atoms with Gasteiger partial charge in [-0.2, -0.15) is 0 Å². The molecule has 1 aromatic heterocycles. The molecule has 0 atom stereocenters. The number of carbonyl (C=O) groups excluding carboxylic acids is 2. The van der Waals surface area contributed by atoms with Crippen molar-refractivity contribution in [3.63, 3.8) is 0 Å². The molecular weight excluding hydrogens is 381 g/mol. The number of rotatable bonds is 6. The van der Waals surface area contributed by atoms with Gasteiger partial charge in [0.25, 0.3) is 11.8 Å². The van der Waals surface area contributed by atoms with Crippen LogP contribution >= 0.6 is 0 Å². The average Bonchev–Trinajstić information content (AvgIpc) is 3.00. The third-order valence-corrected chi connectivity index (χ3v) is 5.02. The van der Waals surface area contributed by atoms with Crippen molar-refractivity contribution in [3.8, 4) is 0 Å². The number of amides is 2. The van der Waals surface area contributed by atoms with E-state index in [-0.39, 0.29) is 17.8 Å². The van der Waals surface area contributed by atoms with Gasteiger partial charge in [-0.15, -0.1) is 0 Å². The van der Waals surface area contributed by atoms with Crippen molar-refractivity contribution < 1.29 is 14.0 Å². The maximum atomic E-state index is 13.4. The Morgan fingerprint density at radius 2 is 1.53 bits per heavy atom. The number of aromatic nitrogens is 1. The molecule has 5 nitrogen and oxygen atoms in total. The van der Waals surface area contributed by atoms with Crippen molar-refractivity contribution in [2.75, 3.05) is 5.32 Å². The Morgan fingerprint density at radius 3 is 2.17 bits per heavy atom. The molecular formula is C24H20FN3O2. The zero-order valence-electron chi connectivity index (χ0n) is 16.4. The fraction of sp³-hybridized carbons (Fsp3) is 0.125. The summed E-state index contributed by atoms with van der Waals surface area (Å²) >= 11 is 0. The molecule has 0 saturated heterocycles. The van der Waals surface area contributed by atoms with Gasteiger partial charge in [-0.3, -0.25) is 19.5 Å². The summed E-state index contributed by atoms with van der Waals surface area (Å²) in [6.07, 6.45) is 4.13.